The van der Waals surface area contributed by atoms with Gasteiger partial charge in [0.25, 0.3) is 0 Å². The topological polar surface area (TPSA) is 47.0 Å². The van der Waals surface area contributed by atoms with Gasteiger partial charge in [0.15, 0.2) is 0 Å². The van der Waals surface area contributed by atoms with E-state index in [0.29, 0.717) is 0 Å². The van der Waals surface area contributed by atoms with E-state index in [1.165, 1.54) is 10.3 Å². The molecule has 0 N–H and O–H groups in total. The summed E-state index contributed by atoms with van der Waals surface area (Å²) < 4.78 is 1.27. The lowest BCUT2D eigenvalue weighted by Gasteiger charge is -1.88. The molecule has 13 heavy (non-hydrogen) atoms. The largest absolute Gasteiger partial charge is 0.373 e. The van der Waals surface area contributed by atoms with Crippen molar-refractivity contribution >= 4 is 27.7 Å². The van der Waals surface area contributed by atoms with Crippen molar-refractivity contribution in [1.82, 2.24) is 4.98 Å². The minimum absolute atomic E-state index is 0.250. The highest BCUT2D eigenvalue weighted by molar-refractivity contribution is 7.16. The van der Waals surface area contributed by atoms with E-state index in [1.807, 2.05) is 5.51 Å². The molecule has 0 saturated carbocycles. The molecule has 1 aromatic heterocycles. The molecule has 0 amide bonds. The smallest absolute Gasteiger partial charge is 0.245 e. The highest BCUT2D eigenvalue weighted by Gasteiger charge is 1.93. The van der Waals surface area contributed by atoms with Gasteiger partial charge in [-0.1, -0.05) is 6.07 Å². The second-order valence-electron chi connectivity index (χ2n) is 2.41. The lowest BCUT2D eigenvalue weighted by molar-refractivity contribution is -0.191. The number of rotatable bonds is 0. The molecule has 2 rings (SSSR count). The second kappa shape index (κ2) is 4.50. The second-order valence-corrected chi connectivity index (χ2v) is 3.29. The van der Waals surface area contributed by atoms with Gasteiger partial charge in [-0.2, -0.15) is 9.59 Å². The van der Waals surface area contributed by atoms with Crippen LogP contribution in [0.15, 0.2) is 23.7 Å². The molecule has 1 aromatic carbocycles. The van der Waals surface area contributed by atoms with E-state index < -0.39 is 0 Å². The Morgan fingerprint density at radius 1 is 1.38 bits per heavy atom. The van der Waals surface area contributed by atoms with Crippen LogP contribution in [0.4, 0.5) is 0 Å². The Hall–Kier alpha value is -1.51. The van der Waals surface area contributed by atoms with E-state index in [1.54, 1.807) is 11.3 Å². The fraction of sp³-hybridized carbons (Fsp3) is 0.111. The van der Waals surface area contributed by atoms with Gasteiger partial charge in [-0.15, -0.1) is 11.3 Å². The van der Waals surface area contributed by atoms with Crippen molar-refractivity contribution in [2.24, 2.45) is 0 Å². The summed E-state index contributed by atoms with van der Waals surface area (Å²) in [6, 6.07) is 6.33. The van der Waals surface area contributed by atoms with Crippen LogP contribution in [0.5, 0.6) is 0 Å². The quantitative estimate of drug-likeness (QED) is 0.643. The van der Waals surface area contributed by atoms with E-state index in [4.69, 9.17) is 9.59 Å². The number of aryl methyl sites for hydroxylation is 1. The van der Waals surface area contributed by atoms with Crippen LogP contribution in [-0.4, -0.2) is 11.1 Å². The maximum atomic E-state index is 8.12. The maximum absolute atomic E-state index is 8.12. The summed E-state index contributed by atoms with van der Waals surface area (Å²) >= 11 is 1.68. The van der Waals surface area contributed by atoms with Crippen LogP contribution in [0, 0.1) is 6.92 Å². The Morgan fingerprint density at radius 3 is 2.77 bits per heavy atom. The Kier molecular flexibility index (Phi) is 3.31. The van der Waals surface area contributed by atoms with Crippen molar-refractivity contribution in [3.8, 4) is 0 Å². The van der Waals surface area contributed by atoms with E-state index >= 15 is 0 Å². The van der Waals surface area contributed by atoms with Crippen LogP contribution >= 0.6 is 11.3 Å². The van der Waals surface area contributed by atoms with Crippen molar-refractivity contribution in [3.05, 3.63) is 29.3 Å². The summed E-state index contributed by atoms with van der Waals surface area (Å²) in [5.41, 5.74) is 4.27. The first kappa shape index (κ1) is 9.58. The van der Waals surface area contributed by atoms with Crippen molar-refractivity contribution < 1.29 is 9.59 Å². The highest BCUT2D eigenvalue weighted by atomic mass is 32.1. The summed E-state index contributed by atoms with van der Waals surface area (Å²) in [4.78, 5) is 20.4. The van der Waals surface area contributed by atoms with Crippen LogP contribution in [-0.2, 0) is 9.59 Å². The molecule has 0 aliphatic rings. The van der Waals surface area contributed by atoms with Gasteiger partial charge in [-0.3, -0.25) is 0 Å². The zero-order valence-corrected chi connectivity index (χ0v) is 7.80. The first-order valence-corrected chi connectivity index (χ1v) is 4.45. The molecule has 0 bridgehead atoms. The molecule has 1 heterocycles. The third-order valence-corrected chi connectivity index (χ3v) is 2.30. The summed E-state index contributed by atoms with van der Waals surface area (Å²) in [6.07, 6.45) is 0.250. The van der Waals surface area contributed by atoms with Crippen molar-refractivity contribution in [3.63, 3.8) is 0 Å². The van der Waals surface area contributed by atoms with Gasteiger partial charge in [0.2, 0.25) is 0 Å². The molecule has 0 saturated heterocycles. The van der Waals surface area contributed by atoms with Gasteiger partial charge in [0, 0.05) is 0 Å². The molecule has 0 aliphatic heterocycles. The summed E-state index contributed by atoms with van der Waals surface area (Å²) in [7, 11) is 0. The number of fused-ring (bicyclic) bond motifs is 1. The lowest BCUT2D eigenvalue weighted by atomic mass is 10.2. The monoisotopic (exact) mass is 193 g/mol. The zero-order chi connectivity index (χ0) is 9.68. The third kappa shape index (κ3) is 2.47. The normalized spacial score (nSPS) is 8.69. The molecule has 0 unspecified atom stereocenters. The van der Waals surface area contributed by atoms with Gasteiger partial charge in [-0.05, 0) is 24.6 Å². The molecule has 0 radical (unpaired) electrons. The fourth-order valence-electron chi connectivity index (χ4n) is 0.968. The molecule has 0 atom stereocenters. The minimum Gasteiger partial charge on any atom is -0.245 e. The Balaban J connectivity index is 0.000000251. The molecular formula is C9H7NO2S. The van der Waals surface area contributed by atoms with Gasteiger partial charge in [-0.25, -0.2) is 4.98 Å². The lowest BCUT2D eigenvalue weighted by Crippen LogP contribution is -1.69. The van der Waals surface area contributed by atoms with E-state index in [0.717, 1.165) is 5.52 Å². The van der Waals surface area contributed by atoms with Crippen molar-refractivity contribution in [2.45, 2.75) is 6.92 Å². The van der Waals surface area contributed by atoms with Crippen LogP contribution in [0.3, 0.4) is 0 Å². The van der Waals surface area contributed by atoms with Crippen LogP contribution in [0.2, 0.25) is 0 Å². The predicted octanol–water partition coefficient (Wildman–Crippen LogP) is 2.02. The first-order valence-electron chi connectivity index (χ1n) is 3.57. The first-order chi connectivity index (χ1) is 6.27. The molecule has 2 aromatic rings. The zero-order valence-electron chi connectivity index (χ0n) is 6.98. The average molecular weight is 193 g/mol. The fourth-order valence-corrected chi connectivity index (χ4v) is 1.63. The third-order valence-electron chi connectivity index (χ3n) is 1.49. The number of hydrogen-bond acceptors (Lipinski definition) is 4. The molecule has 0 spiro atoms. The Morgan fingerprint density at radius 2 is 2.08 bits per heavy atom. The van der Waals surface area contributed by atoms with Crippen LogP contribution in [0.25, 0.3) is 10.2 Å². The number of carbonyl (C=O) groups excluding carboxylic acids is 2. The summed E-state index contributed by atoms with van der Waals surface area (Å²) in [5.74, 6) is 0. The van der Waals surface area contributed by atoms with Gasteiger partial charge >= 0.3 is 6.15 Å². The Labute approximate surface area is 79.0 Å². The predicted molar refractivity (Wildman–Crippen MR) is 49.4 cm³/mol. The van der Waals surface area contributed by atoms with E-state index in [9.17, 15) is 0 Å². The van der Waals surface area contributed by atoms with Crippen LogP contribution in [0.1, 0.15) is 5.56 Å². The summed E-state index contributed by atoms with van der Waals surface area (Å²) in [5, 5.41) is 0. The van der Waals surface area contributed by atoms with E-state index in [-0.39, 0.29) is 6.15 Å². The van der Waals surface area contributed by atoms with Gasteiger partial charge in [0.05, 0.1) is 15.7 Å². The van der Waals surface area contributed by atoms with Crippen molar-refractivity contribution in [2.75, 3.05) is 0 Å². The molecule has 0 aliphatic carbocycles. The highest BCUT2D eigenvalue weighted by Crippen LogP contribution is 2.17. The van der Waals surface area contributed by atoms with Gasteiger partial charge in [0.1, 0.15) is 0 Å². The number of benzene rings is 1. The molecule has 4 heteroatoms. The average Bonchev–Trinajstić information content (AvgIpc) is 2.52. The van der Waals surface area contributed by atoms with Gasteiger partial charge < -0.3 is 0 Å². The van der Waals surface area contributed by atoms with Crippen LogP contribution < -0.4 is 0 Å². The number of hydrogen-bond donors (Lipinski definition) is 0. The molecule has 66 valence electrons. The standard InChI is InChI=1S/C8H7NS.CO2/c1-6-2-3-8-7(4-6)9-5-10-8;2-1-3/h2-5H,1H3;. The van der Waals surface area contributed by atoms with Crippen molar-refractivity contribution in [1.29, 1.82) is 0 Å². The molecular weight excluding hydrogens is 186 g/mol. The summed E-state index contributed by atoms with van der Waals surface area (Å²) in [6.45, 7) is 2.08. The number of aromatic nitrogens is 1. The number of nitrogens with zero attached hydrogens (tertiary/aromatic N) is 1. The SMILES string of the molecule is Cc1ccc2scnc2c1.O=C=O. The molecule has 3 nitrogen and oxygen atoms in total. The maximum Gasteiger partial charge on any atom is 0.373 e. The molecule has 0 fully saturated rings. The Bertz CT molecular complexity index is 430. The van der Waals surface area contributed by atoms with E-state index in [2.05, 4.69) is 30.1 Å². The number of thiazole rings is 1. The minimum atomic E-state index is 0.250.